The number of rotatable bonds is 4. The van der Waals surface area contributed by atoms with Crippen LogP contribution in [0.15, 0.2) is 35.9 Å². The van der Waals surface area contributed by atoms with Gasteiger partial charge in [-0.2, -0.15) is 0 Å². The van der Waals surface area contributed by atoms with Gasteiger partial charge >= 0.3 is 12.1 Å². The summed E-state index contributed by atoms with van der Waals surface area (Å²) >= 11 is 0. The van der Waals surface area contributed by atoms with Crippen LogP contribution in [0.1, 0.15) is 52.5 Å². The number of carbonyl (C=O) groups is 2. The van der Waals surface area contributed by atoms with Crippen LogP contribution in [0, 0.1) is 17.7 Å². The van der Waals surface area contributed by atoms with Crippen molar-refractivity contribution in [3.8, 4) is 0 Å². The molecule has 0 spiro atoms. The normalized spacial score (nSPS) is 31.0. The number of nitrogens with zero attached hydrogens (tertiary/aromatic N) is 3. The first-order valence-corrected chi connectivity index (χ1v) is 15.5. The average molecular weight is 602 g/mol. The maximum Gasteiger partial charge on any atom is 0.410 e. The maximum absolute atomic E-state index is 14.8. The van der Waals surface area contributed by atoms with Gasteiger partial charge in [0.2, 0.25) is 0 Å². The predicted octanol–water partition coefficient (Wildman–Crippen LogP) is 4.49. The Morgan fingerprint density at radius 2 is 1.81 bits per heavy atom. The molecule has 6 atom stereocenters. The second kappa shape index (κ2) is 15.2. The highest BCUT2D eigenvalue weighted by atomic mass is 19.1. The van der Waals surface area contributed by atoms with Crippen molar-refractivity contribution in [3.05, 3.63) is 47.3 Å². The lowest BCUT2D eigenvalue weighted by Gasteiger charge is -2.35. The molecule has 0 aromatic heterocycles. The molecule has 2 fully saturated rings. The number of cyclic esters (lactones) is 1. The number of piperazine rings is 1. The zero-order valence-corrected chi connectivity index (χ0v) is 26.2. The molecular weight excluding hydrogens is 553 g/mol. The molecule has 9 nitrogen and oxygen atoms in total. The minimum absolute atomic E-state index is 0.0617. The molecule has 1 aromatic carbocycles. The van der Waals surface area contributed by atoms with E-state index in [0.717, 1.165) is 24.4 Å². The van der Waals surface area contributed by atoms with Crippen LogP contribution in [-0.2, 0) is 19.0 Å². The van der Waals surface area contributed by atoms with Crippen molar-refractivity contribution < 1.29 is 33.3 Å². The van der Waals surface area contributed by atoms with Crippen molar-refractivity contribution in [2.75, 3.05) is 57.9 Å². The molecule has 4 rings (SSSR count). The molecule has 43 heavy (non-hydrogen) atoms. The van der Waals surface area contributed by atoms with Crippen LogP contribution in [0.3, 0.4) is 0 Å². The highest BCUT2D eigenvalue weighted by Crippen LogP contribution is 2.28. The molecule has 0 aliphatic carbocycles. The number of aliphatic hydroxyl groups is 1. The number of aliphatic hydroxyl groups excluding tert-OH is 1. The lowest BCUT2D eigenvalue weighted by molar-refractivity contribution is -0.151. The molecule has 1 aromatic rings. The first-order valence-electron chi connectivity index (χ1n) is 15.5. The van der Waals surface area contributed by atoms with E-state index in [1.807, 2.05) is 59.0 Å². The number of esters is 1. The standard InChI is InChI=1S/C33H48FN3O6/c1-22-6-8-29(38)20-31(39)43-32(23(2)7-9-30(22)42-33(40)36-12-10-35(5)11-13-36)24(3)16-26-17-27(34)19-28(18-26)37-14-15-41-21-25(37)4/h7,9,16-19,22-23,25,29-30,32,38H,6,8,10-15,20-21H2,1-5H3/b9-7+,24-16+/t22-,23+,25+,29+,30-,32+/m1/s1. The van der Waals surface area contributed by atoms with Gasteiger partial charge in [-0.25, -0.2) is 9.18 Å². The Hall–Kier alpha value is -2.95. The van der Waals surface area contributed by atoms with Crippen LogP contribution in [0.2, 0.25) is 0 Å². The van der Waals surface area contributed by atoms with E-state index in [1.54, 1.807) is 4.90 Å². The van der Waals surface area contributed by atoms with Crippen LogP contribution in [0.5, 0.6) is 0 Å². The topological polar surface area (TPSA) is 91.8 Å². The maximum atomic E-state index is 14.8. The molecule has 0 saturated carbocycles. The van der Waals surface area contributed by atoms with Crippen LogP contribution in [-0.4, -0.2) is 104 Å². The number of amides is 1. The summed E-state index contributed by atoms with van der Waals surface area (Å²) in [6.45, 7) is 12.5. The number of benzene rings is 1. The molecule has 0 bridgehead atoms. The average Bonchev–Trinajstić information content (AvgIpc) is 2.96. The first kappa shape index (κ1) is 33.0. The Morgan fingerprint density at radius 1 is 1.07 bits per heavy atom. The molecule has 0 unspecified atom stereocenters. The van der Waals surface area contributed by atoms with Crippen molar-refractivity contribution in [3.63, 3.8) is 0 Å². The number of anilines is 1. The van der Waals surface area contributed by atoms with E-state index in [0.29, 0.717) is 51.3 Å². The molecule has 1 amide bonds. The lowest BCUT2D eigenvalue weighted by Crippen LogP contribution is -2.48. The third-order valence-corrected chi connectivity index (χ3v) is 8.70. The summed E-state index contributed by atoms with van der Waals surface area (Å²) in [6, 6.07) is 5.06. The molecule has 0 radical (unpaired) electrons. The number of carbonyl (C=O) groups excluding carboxylic acids is 2. The van der Waals surface area contributed by atoms with Crippen LogP contribution < -0.4 is 4.90 Å². The van der Waals surface area contributed by atoms with Gasteiger partial charge in [0.15, 0.2) is 0 Å². The quantitative estimate of drug-likeness (QED) is 0.399. The largest absolute Gasteiger partial charge is 0.457 e. The predicted molar refractivity (Wildman–Crippen MR) is 164 cm³/mol. The van der Waals surface area contributed by atoms with Crippen LogP contribution in [0.4, 0.5) is 14.9 Å². The van der Waals surface area contributed by atoms with Crippen molar-refractivity contribution in [1.29, 1.82) is 0 Å². The van der Waals surface area contributed by atoms with Crippen molar-refractivity contribution in [1.82, 2.24) is 9.80 Å². The zero-order chi connectivity index (χ0) is 31.1. The van der Waals surface area contributed by atoms with E-state index in [9.17, 15) is 19.1 Å². The number of hydrogen-bond acceptors (Lipinski definition) is 8. The van der Waals surface area contributed by atoms with Gasteiger partial charge in [-0.05, 0) is 75.1 Å². The number of morpholine rings is 1. The summed E-state index contributed by atoms with van der Waals surface area (Å²) in [5.41, 5.74) is 2.18. The van der Waals surface area contributed by atoms with Crippen molar-refractivity contribution in [2.45, 2.75) is 71.3 Å². The Kier molecular flexibility index (Phi) is 11.6. The summed E-state index contributed by atoms with van der Waals surface area (Å²) in [6.07, 6.45) is 4.13. The van der Waals surface area contributed by atoms with E-state index >= 15 is 0 Å². The number of likely N-dealkylation sites (N-methyl/N-ethyl adjacent to an activating group) is 1. The van der Waals surface area contributed by atoms with E-state index < -0.39 is 24.3 Å². The minimum Gasteiger partial charge on any atom is -0.457 e. The molecule has 2 saturated heterocycles. The Bertz CT molecular complexity index is 1170. The molecular formula is C33H48FN3O6. The van der Waals surface area contributed by atoms with Crippen molar-refractivity contribution >= 4 is 23.8 Å². The van der Waals surface area contributed by atoms with Crippen LogP contribution >= 0.6 is 0 Å². The fourth-order valence-corrected chi connectivity index (χ4v) is 5.93. The van der Waals surface area contributed by atoms with Crippen molar-refractivity contribution in [2.24, 2.45) is 11.8 Å². The summed E-state index contributed by atoms with van der Waals surface area (Å²) < 4.78 is 32.2. The van der Waals surface area contributed by atoms with Gasteiger partial charge in [0.1, 0.15) is 18.0 Å². The Labute approximate surface area is 255 Å². The van der Waals surface area contributed by atoms with E-state index in [1.165, 1.54) is 12.1 Å². The summed E-state index contributed by atoms with van der Waals surface area (Å²) in [7, 11) is 2.03. The van der Waals surface area contributed by atoms with Gasteiger partial charge in [-0.1, -0.05) is 26.0 Å². The Morgan fingerprint density at radius 3 is 2.53 bits per heavy atom. The SMILES string of the molecule is C/C(=C\c1cc(F)cc(N2CCOC[C@@H]2C)c1)[C@H]1OC(=O)C[C@@H](O)CC[C@@H](C)[C@H](OC(=O)N2CCN(C)CC2)/C=C/[C@@H]1C. The van der Waals surface area contributed by atoms with Gasteiger partial charge in [-0.3, -0.25) is 4.79 Å². The first-order chi connectivity index (χ1) is 20.5. The zero-order valence-electron chi connectivity index (χ0n) is 26.2. The van der Waals surface area contributed by atoms with Gasteiger partial charge in [0.05, 0.1) is 25.7 Å². The molecule has 3 aliphatic rings. The van der Waals surface area contributed by atoms with E-state index in [2.05, 4.69) is 9.80 Å². The third-order valence-electron chi connectivity index (χ3n) is 8.70. The van der Waals surface area contributed by atoms with E-state index in [4.69, 9.17) is 14.2 Å². The van der Waals surface area contributed by atoms with Gasteiger partial charge in [0.25, 0.3) is 0 Å². The number of ether oxygens (including phenoxy) is 3. The Balaban J connectivity index is 1.57. The highest BCUT2D eigenvalue weighted by Gasteiger charge is 2.29. The summed E-state index contributed by atoms with van der Waals surface area (Å²) in [4.78, 5) is 31.9. The molecule has 3 aliphatic heterocycles. The highest BCUT2D eigenvalue weighted by molar-refractivity contribution is 5.71. The summed E-state index contributed by atoms with van der Waals surface area (Å²) in [5, 5.41) is 10.6. The lowest BCUT2D eigenvalue weighted by atomic mass is 9.91. The minimum atomic E-state index is -0.867. The second-order valence-corrected chi connectivity index (χ2v) is 12.5. The fraction of sp³-hybridized carbons (Fsp3) is 0.636. The fourth-order valence-electron chi connectivity index (χ4n) is 5.93. The number of halogens is 1. The smallest absolute Gasteiger partial charge is 0.410 e. The molecule has 3 heterocycles. The summed E-state index contributed by atoms with van der Waals surface area (Å²) in [5.74, 6) is -1.17. The number of hydrogen-bond donors (Lipinski definition) is 1. The molecule has 10 heteroatoms. The second-order valence-electron chi connectivity index (χ2n) is 12.5. The monoisotopic (exact) mass is 601 g/mol. The third kappa shape index (κ3) is 9.27. The van der Waals surface area contributed by atoms with Gasteiger partial charge in [-0.15, -0.1) is 0 Å². The molecule has 238 valence electrons. The van der Waals surface area contributed by atoms with Gasteiger partial charge < -0.3 is 34.0 Å². The van der Waals surface area contributed by atoms with E-state index in [-0.39, 0.29) is 36.2 Å². The molecule has 1 N–H and O–H groups in total. The van der Waals surface area contributed by atoms with Gasteiger partial charge in [0, 0.05) is 50.4 Å². The van der Waals surface area contributed by atoms with Crippen LogP contribution in [0.25, 0.3) is 6.08 Å².